The number of hydrogen-bond donors (Lipinski definition) is 0. The predicted molar refractivity (Wildman–Crippen MR) is 105 cm³/mol. The number of alkyl halides is 3. The third-order valence-corrected chi connectivity index (χ3v) is 4.84. The van der Waals surface area contributed by atoms with E-state index >= 15 is 0 Å². The number of hydrogen-bond acceptors (Lipinski definition) is 4. The molecule has 2 heterocycles. The summed E-state index contributed by atoms with van der Waals surface area (Å²) < 4.78 is 45.5. The van der Waals surface area contributed by atoms with Crippen molar-refractivity contribution in [1.29, 1.82) is 0 Å². The number of ether oxygens (including phenoxy) is 1. The highest BCUT2D eigenvalue weighted by atomic mass is 19.4. The Hall–Kier alpha value is -3.62. The molecule has 0 aliphatic carbocycles. The number of amides is 2. The van der Waals surface area contributed by atoms with Crippen molar-refractivity contribution in [2.75, 3.05) is 23.5 Å². The number of rotatable bonds is 3. The molecule has 0 fully saturated rings. The van der Waals surface area contributed by atoms with Crippen LogP contribution in [0.1, 0.15) is 11.1 Å². The molecule has 1 aliphatic heterocycles. The molecule has 0 saturated carbocycles. The molecule has 30 heavy (non-hydrogen) atoms. The molecule has 0 radical (unpaired) electrons. The second-order valence-electron chi connectivity index (χ2n) is 6.63. The van der Waals surface area contributed by atoms with E-state index in [1.807, 2.05) is 0 Å². The number of carbonyl (C=O) groups excluding carboxylic acids is 1. The van der Waals surface area contributed by atoms with Crippen molar-refractivity contribution < 1.29 is 22.7 Å². The minimum Gasteiger partial charge on any atom is -0.496 e. The molecule has 2 amide bonds. The van der Waals surface area contributed by atoms with Gasteiger partial charge in [0.05, 0.1) is 36.4 Å². The number of halogens is 3. The molecule has 0 N–H and O–H groups in total. The van der Waals surface area contributed by atoms with Gasteiger partial charge >= 0.3 is 12.2 Å². The number of aromatic nitrogens is 2. The van der Waals surface area contributed by atoms with Crippen LogP contribution in [-0.2, 0) is 12.6 Å². The van der Waals surface area contributed by atoms with Gasteiger partial charge in [0, 0.05) is 12.2 Å². The molecule has 4 rings (SSSR count). The number of carbonyl (C=O) groups is 1. The Balaban J connectivity index is 1.79. The standard InChI is InChI=1S/C21H17F3N4O2/c1-30-19-9-14-7-8-27(18(14)10-17(19)21(22,23)24)20(29)28(15-5-3-2-4-6-15)16-11-25-13-26-12-16/h2-6,9-13H,7-8H2,1H3. The lowest BCUT2D eigenvalue weighted by Crippen LogP contribution is -2.40. The molecular weight excluding hydrogens is 397 g/mol. The summed E-state index contributed by atoms with van der Waals surface area (Å²) in [4.78, 5) is 24.2. The van der Waals surface area contributed by atoms with Crippen LogP contribution in [-0.4, -0.2) is 29.7 Å². The van der Waals surface area contributed by atoms with Gasteiger partial charge in [-0.1, -0.05) is 18.2 Å². The Morgan fingerprint density at radius 3 is 2.43 bits per heavy atom. The average Bonchev–Trinajstić information content (AvgIpc) is 3.17. The van der Waals surface area contributed by atoms with Crippen LogP contribution in [0.25, 0.3) is 0 Å². The van der Waals surface area contributed by atoms with Gasteiger partial charge < -0.3 is 4.74 Å². The van der Waals surface area contributed by atoms with Gasteiger partial charge in [-0.05, 0) is 36.2 Å². The van der Waals surface area contributed by atoms with Crippen LogP contribution in [0, 0.1) is 0 Å². The Morgan fingerprint density at radius 1 is 1.10 bits per heavy atom. The molecule has 1 aliphatic rings. The SMILES string of the molecule is COc1cc2c(cc1C(F)(F)F)N(C(=O)N(c1ccccc1)c1cncnc1)CC2. The molecule has 0 unspecified atom stereocenters. The van der Waals surface area contributed by atoms with E-state index in [4.69, 9.17) is 4.74 Å². The fraction of sp³-hybridized carbons (Fsp3) is 0.190. The summed E-state index contributed by atoms with van der Waals surface area (Å²) in [5, 5.41) is 0. The van der Waals surface area contributed by atoms with Crippen molar-refractivity contribution in [2.24, 2.45) is 0 Å². The van der Waals surface area contributed by atoms with Gasteiger partial charge in [0.15, 0.2) is 0 Å². The predicted octanol–water partition coefficient (Wildman–Crippen LogP) is 4.82. The van der Waals surface area contributed by atoms with Gasteiger partial charge in [-0.3, -0.25) is 9.80 Å². The van der Waals surface area contributed by atoms with Crippen LogP contribution in [0.2, 0.25) is 0 Å². The lowest BCUT2D eigenvalue weighted by molar-refractivity contribution is -0.138. The van der Waals surface area contributed by atoms with Gasteiger partial charge in [0.25, 0.3) is 0 Å². The molecule has 6 nitrogen and oxygen atoms in total. The molecule has 154 valence electrons. The molecule has 0 saturated heterocycles. The minimum absolute atomic E-state index is 0.214. The lowest BCUT2D eigenvalue weighted by Gasteiger charge is -2.28. The summed E-state index contributed by atoms with van der Waals surface area (Å²) >= 11 is 0. The van der Waals surface area contributed by atoms with E-state index in [-0.39, 0.29) is 18.0 Å². The Kier molecular flexibility index (Phi) is 5.03. The lowest BCUT2D eigenvalue weighted by atomic mass is 10.1. The van der Waals surface area contributed by atoms with Crippen molar-refractivity contribution in [3.05, 3.63) is 72.3 Å². The van der Waals surface area contributed by atoms with Gasteiger partial charge in [-0.15, -0.1) is 0 Å². The summed E-state index contributed by atoms with van der Waals surface area (Å²) in [6.07, 6.45) is 0.103. The second kappa shape index (κ2) is 7.66. The highest BCUT2D eigenvalue weighted by Gasteiger charge is 2.38. The average molecular weight is 414 g/mol. The Bertz CT molecular complexity index is 1020. The highest BCUT2D eigenvalue weighted by molar-refractivity contribution is 6.09. The van der Waals surface area contributed by atoms with Crippen LogP contribution >= 0.6 is 0 Å². The summed E-state index contributed by atoms with van der Waals surface area (Å²) in [6.45, 7) is 0.246. The van der Waals surface area contributed by atoms with E-state index in [0.29, 0.717) is 23.4 Å². The van der Waals surface area contributed by atoms with Crippen molar-refractivity contribution in [1.82, 2.24) is 9.97 Å². The normalized spacial score (nSPS) is 13.1. The monoisotopic (exact) mass is 414 g/mol. The quantitative estimate of drug-likeness (QED) is 0.616. The topological polar surface area (TPSA) is 58.6 Å². The number of fused-ring (bicyclic) bond motifs is 1. The van der Waals surface area contributed by atoms with E-state index in [1.165, 1.54) is 41.7 Å². The Labute approximate surface area is 170 Å². The van der Waals surface area contributed by atoms with Crippen molar-refractivity contribution in [3.8, 4) is 5.75 Å². The van der Waals surface area contributed by atoms with Gasteiger partial charge in [-0.2, -0.15) is 13.2 Å². The molecule has 1 aromatic heterocycles. The van der Waals surface area contributed by atoms with Gasteiger partial charge in [0.1, 0.15) is 12.1 Å². The van der Waals surface area contributed by atoms with Crippen molar-refractivity contribution >= 4 is 23.1 Å². The van der Waals surface area contributed by atoms with E-state index in [1.54, 1.807) is 30.3 Å². The number of nitrogens with zero attached hydrogens (tertiary/aromatic N) is 4. The van der Waals surface area contributed by atoms with Crippen LogP contribution in [0.4, 0.5) is 35.0 Å². The first-order valence-corrected chi connectivity index (χ1v) is 9.10. The van der Waals surface area contributed by atoms with Gasteiger partial charge in [-0.25, -0.2) is 14.8 Å². The maximum Gasteiger partial charge on any atom is 0.420 e. The summed E-state index contributed by atoms with van der Waals surface area (Å²) in [6, 6.07) is 10.6. The zero-order valence-corrected chi connectivity index (χ0v) is 15.9. The first-order chi connectivity index (χ1) is 14.4. The molecule has 0 bridgehead atoms. The van der Waals surface area contributed by atoms with Gasteiger partial charge in [0.2, 0.25) is 0 Å². The zero-order valence-electron chi connectivity index (χ0n) is 15.9. The van der Waals surface area contributed by atoms with E-state index in [9.17, 15) is 18.0 Å². The number of methoxy groups -OCH3 is 1. The second-order valence-corrected chi connectivity index (χ2v) is 6.63. The van der Waals surface area contributed by atoms with Crippen molar-refractivity contribution in [2.45, 2.75) is 12.6 Å². The third-order valence-electron chi connectivity index (χ3n) is 4.84. The first-order valence-electron chi connectivity index (χ1n) is 9.10. The van der Waals surface area contributed by atoms with E-state index < -0.39 is 17.8 Å². The Morgan fingerprint density at radius 2 is 1.80 bits per heavy atom. The van der Waals surface area contributed by atoms with Crippen LogP contribution < -0.4 is 14.5 Å². The van der Waals surface area contributed by atoms with E-state index in [0.717, 1.165) is 6.07 Å². The fourth-order valence-electron chi connectivity index (χ4n) is 3.48. The van der Waals surface area contributed by atoms with Crippen LogP contribution in [0.5, 0.6) is 5.75 Å². The number of anilines is 3. The number of urea groups is 1. The maximum atomic E-state index is 13.5. The van der Waals surface area contributed by atoms with E-state index in [2.05, 4.69) is 9.97 Å². The molecule has 3 aromatic rings. The summed E-state index contributed by atoms with van der Waals surface area (Å²) in [5.41, 5.74) is 0.871. The minimum atomic E-state index is -4.61. The van der Waals surface area contributed by atoms with Crippen LogP contribution in [0.3, 0.4) is 0 Å². The third kappa shape index (κ3) is 3.54. The molecule has 0 spiro atoms. The largest absolute Gasteiger partial charge is 0.496 e. The van der Waals surface area contributed by atoms with Crippen LogP contribution in [0.15, 0.2) is 61.2 Å². The molecular formula is C21H17F3N4O2. The number of benzene rings is 2. The first kappa shape index (κ1) is 19.7. The van der Waals surface area contributed by atoms with Crippen molar-refractivity contribution in [3.63, 3.8) is 0 Å². The molecule has 9 heteroatoms. The molecule has 0 atom stereocenters. The summed E-state index contributed by atoms with van der Waals surface area (Å²) in [5.74, 6) is -0.257. The smallest absolute Gasteiger partial charge is 0.420 e. The maximum absolute atomic E-state index is 13.5. The molecule has 2 aromatic carbocycles. The zero-order chi connectivity index (χ0) is 21.3. The fourth-order valence-corrected chi connectivity index (χ4v) is 3.48. The number of para-hydroxylation sites is 1. The highest BCUT2D eigenvalue weighted by Crippen LogP contribution is 2.43. The summed E-state index contributed by atoms with van der Waals surface area (Å²) in [7, 11) is 1.20.